The van der Waals surface area contributed by atoms with Gasteiger partial charge in [0.1, 0.15) is 13.1 Å². The third kappa shape index (κ3) is 2.77. The van der Waals surface area contributed by atoms with Crippen LogP contribution in [-0.4, -0.2) is 31.3 Å². The lowest BCUT2D eigenvalue weighted by atomic mass is 10.3. The molecule has 1 fully saturated rings. The van der Waals surface area contributed by atoms with Crippen LogP contribution in [0.3, 0.4) is 0 Å². The standard InChI is InChI=1S/C12H13N3OS2/c1-2-4-10(5-3-1)13-11-14-12(18-17-11)15-6-8-16-9-7-15/h1-5H,6-9H2/p+1. The maximum absolute atomic E-state index is 5.35. The summed E-state index contributed by atoms with van der Waals surface area (Å²) in [5.74, 6) is 0. The first-order valence-electron chi connectivity index (χ1n) is 5.87. The minimum absolute atomic E-state index is 0.797. The summed E-state index contributed by atoms with van der Waals surface area (Å²) in [6, 6.07) is 10.1. The van der Waals surface area contributed by atoms with E-state index in [4.69, 9.17) is 4.74 Å². The summed E-state index contributed by atoms with van der Waals surface area (Å²) in [5, 5.41) is 4.27. The normalized spacial score (nSPS) is 15.7. The van der Waals surface area contributed by atoms with Crippen LogP contribution in [0.2, 0.25) is 0 Å². The van der Waals surface area contributed by atoms with E-state index < -0.39 is 0 Å². The van der Waals surface area contributed by atoms with Crippen LogP contribution in [-0.2, 0) is 4.74 Å². The number of hydrogen-bond acceptors (Lipinski definition) is 5. The van der Waals surface area contributed by atoms with Gasteiger partial charge in [0.25, 0.3) is 0 Å². The van der Waals surface area contributed by atoms with Crippen LogP contribution in [0.25, 0.3) is 0 Å². The molecule has 1 aromatic carbocycles. The quantitative estimate of drug-likeness (QED) is 0.673. The smallest absolute Gasteiger partial charge is 0.373 e. The van der Waals surface area contributed by atoms with Crippen molar-refractivity contribution in [3.63, 3.8) is 0 Å². The van der Waals surface area contributed by atoms with E-state index in [9.17, 15) is 0 Å². The fraction of sp³-hybridized carbons (Fsp3) is 0.333. The van der Waals surface area contributed by atoms with Gasteiger partial charge < -0.3 is 10.1 Å². The van der Waals surface area contributed by atoms with Gasteiger partial charge in [0, 0.05) is 21.0 Å². The minimum Gasteiger partial charge on any atom is -0.373 e. The molecule has 1 aliphatic rings. The number of hydrogen-bond donors (Lipinski definition) is 1. The van der Waals surface area contributed by atoms with Crippen molar-refractivity contribution >= 4 is 31.5 Å². The molecule has 0 aliphatic carbocycles. The molecule has 0 saturated carbocycles. The molecule has 0 unspecified atom stereocenters. The molecule has 1 N–H and O–H groups in total. The molecular weight excluding hydrogens is 266 g/mol. The number of nitrogens with one attached hydrogen (secondary N) is 1. The van der Waals surface area contributed by atoms with Crippen LogP contribution in [0.5, 0.6) is 0 Å². The molecule has 94 valence electrons. The van der Waals surface area contributed by atoms with Crippen LogP contribution in [0, 0.1) is 0 Å². The highest BCUT2D eigenvalue weighted by Crippen LogP contribution is 2.18. The first-order chi connectivity index (χ1) is 8.92. The third-order valence-electron chi connectivity index (χ3n) is 2.70. The number of anilines is 2. The Hall–Kier alpha value is -1.24. The van der Waals surface area contributed by atoms with Crippen LogP contribution in [0.1, 0.15) is 0 Å². The predicted molar refractivity (Wildman–Crippen MR) is 75.5 cm³/mol. The molecule has 4 nitrogen and oxygen atoms in total. The van der Waals surface area contributed by atoms with Gasteiger partial charge in [-0.25, -0.2) is 4.58 Å². The van der Waals surface area contributed by atoms with E-state index in [0.717, 1.165) is 41.9 Å². The Kier molecular flexibility index (Phi) is 3.68. The van der Waals surface area contributed by atoms with Crippen molar-refractivity contribution in [1.82, 2.24) is 9.56 Å². The van der Waals surface area contributed by atoms with Crippen LogP contribution in [0.15, 0.2) is 30.3 Å². The topological polar surface area (TPSA) is 37.2 Å². The van der Waals surface area contributed by atoms with Crippen molar-refractivity contribution in [2.24, 2.45) is 0 Å². The summed E-state index contributed by atoms with van der Waals surface area (Å²) in [6.45, 7) is 3.47. The van der Waals surface area contributed by atoms with Gasteiger partial charge in [0.05, 0.1) is 13.2 Å². The molecule has 0 atom stereocenters. The van der Waals surface area contributed by atoms with Crippen LogP contribution >= 0.6 is 20.7 Å². The van der Waals surface area contributed by atoms with E-state index in [1.165, 1.54) is 0 Å². The monoisotopic (exact) mass is 280 g/mol. The molecular formula is C12H14N3OS2+. The van der Waals surface area contributed by atoms with Crippen molar-refractivity contribution in [2.75, 3.05) is 31.6 Å². The van der Waals surface area contributed by atoms with Gasteiger partial charge in [0.15, 0.2) is 0 Å². The van der Waals surface area contributed by atoms with Gasteiger partial charge in [-0.05, 0) is 22.5 Å². The predicted octanol–water partition coefficient (Wildman–Crippen LogP) is 1.75. The Labute approximate surface area is 113 Å². The number of ether oxygens (including phenoxy) is 1. The Bertz CT molecular complexity index is 568. The van der Waals surface area contributed by atoms with E-state index >= 15 is 0 Å². The molecule has 0 bridgehead atoms. The maximum Gasteiger partial charge on any atom is 0.390 e. The van der Waals surface area contributed by atoms with Crippen molar-refractivity contribution in [1.29, 1.82) is 0 Å². The lowest BCUT2D eigenvalue weighted by Gasteiger charge is -2.11. The zero-order chi connectivity index (χ0) is 12.2. The number of rotatable bonds is 2. The van der Waals surface area contributed by atoms with Gasteiger partial charge in [-0.15, -0.1) is 0 Å². The lowest BCUT2D eigenvalue weighted by Crippen LogP contribution is -2.39. The highest BCUT2D eigenvalue weighted by Gasteiger charge is 2.14. The van der Waals surface area contributed by atoms with Crippen LogP contribution in [0.4, 0.5) is 10.8 Å². The summed E-state index contributed by atoms with van der Waals surface area (Å²) in [6.07, 6.45) is 0. The molecule has 2 heterocycles. The Morgan fingerprint density at radius 3 is 2.67 bits per heavy atom. The average Bonchev–Trinajstić information content (AvgIpc) is 2.89. The van der Waals surface area contributed by atoms with Gasteiger partial charge in [-0.2, -0.15) is 0 Å². The lowest BCUT2D eigenvalue weighted by molar-refractivity contribution is 0.0965. The van der Waals surface area contributed by atoms with Crippen molar-refractivity contribution in [3.05, 3.63) is 35.1 Å². The summed E-state index contributed by atoms with van der Waals surface area (Å²) < 4.78 is 7.63. The molecule has 6 heteroatoms. The summed E-state index contributed by atoms with van der Waals surface area (Å²) >= 11 is 0. The van der Waals surface area contributed by atoms with Crippen molar-refractivity contribution in [2.45, 2.75) is 0 Å². The highest BCUT2D eigenvalue weighted by molar-refractivity contribution is 7.69. The molecule has 1 saturated heterocycles. The molecule has 1 aliphatic heterocycles. The van der Waals surface area contributed by atoms with E-state index in [2.05, 4.69) is 14.9 Å². The van der Waals surface area contributed by atoms with E-state index in [-0.39, 0.29) is 0 Å². The molecule has 18 heavy (non-hydrogen) atoms. The van der Waals surface area contributed by atoms with Gasteiger partial charge in [-0.1, -0.05) is 18.2 Å². The first-order valence-corrected chi connectivity index (χ1v) is 8.02. The second-order valence-electron chi connectivity index (χ2n) is 3.96. The second kappa shape index (κ2) is 5.60. The number of benzene rings is 1. The van der Waals surface area contributed by atoms with Crippen molar-refractivity contribution < 1.29 is 4.74 Å². The van der Waals surface area contributed by atoms with Gasteiger partial charge in [0.2, 0.25) is 0 Å². The molecule has 1 aromatic heterocycles. The summed E-state index contributed by atoms with van der Waals surface area (Å²) in [4.78, 5) is 5.71. The van der Waals surface area contributed by atoms with E-state index in [0.29, 0.717) is 0 Å². The second-order valence-corrected chi connectivity index (χ2v) is 6.04. The third-order valence-corrected chi connectivity index (χ3v) is 4.80. The zero-order valence-electron chi connectivity index (χ0n) is 9.83. The summed E-state index contributed by atoms with van der Waals surface area (Å²) in [5.41, 5.74) is 1.08. The fourth-order valence-corrected chi connectivity index (χ4v) is 3.81. The largest absolute Gasteiger partial charge is 0.390 e. The van der Waals surface area contributed by atoms with Gasteiger partial charge in [-0.3, -0.25) is 0 Å². The van der Waals surface area contributed by atoms with Crippen molar-refractivity contribution in [3.8, 4) is 0 Å². The molecule has 0 radical (unpaired) electrons. The SMILES string of the molecule is c1ccc(Nc2nc(=[N+]3CCOCC3)ss2)cc1. The number of aromatic nitrogens is 1. The van der Waals surface area contributed by atoms with Crippen LogP contribution < -0.4 is 14.7 Å². The summed E-state index contributed by atoms with van der Waals surface area (Å²) in [7, 11) is 3.39. The average molecular weight is 280 g/mol. The molecule has 0 spiro atoms. The van der Waals surface area contributed by atoms with E-state index in [1.807, 2.05) is 30.3 Å². The fourth-order valence-electron chi connectivity index (χ4n) is 1.77. The number of nitrogens with zero attached hydrogens (tertiary/aromatic N) is 2. The van der Waals surface area contributed by atoms with E-state index in [1.54, 1.807) is 20.7 Å². The maximum atomic E-state index is 5.35. The Balaban J connectivity index is 1.81. The molecule has 0 amide bonds. The number of morpholine rings is 1. The first kappa shape index (κ1) is 11.8. The molecule has 2 aromatic rings. The Morgan fingerprint density at radius 1 is 1.11 bits per heavy atom. The number of para-hydroxylation sites is 1. The van der Waals surface area contributed by atoms with Gasteiger partial charge >= 0.3 is 9.93 Å². The highest BCUT2D eigenvalue weighted by atomic mass is 32.9. The Morgan fingerprint density at radius 2 is 1.89 bits per heavy atom. The zero-order valence-corrected chi connectivity index (χ0v) is 11.5. The molecule has 3 rings (SSSR count). The minimum atomic E-state index is 0.797.